The van der Waals surface area contributed by atoms with Gasteiger partial charge in [-0.25, -0.2) is 4.39 Å². The zero-order valence-corrected chi connectivity index (χ0v) is 19.0. The van der Waals surface area contributed by atoms with Crippen molar-refractivity contribution in [3.05, 3.63) is 64.5 Å². The van der Waals surface area contributed by atoms with Gasteiger partial charge < -0.3 is 16.0 Å². The zero-order valence-electron chi connectivity index (χ0n) is 19.0. The predicted molar refractivity (Wildman–Crippen MR) is 123 cm³/mol. The van der Waals surface area contributed by atoms with E-state index in [2.05, 4.69) is 16.0 Å². The molecule has 0 spiro atoms. The Morgan fingerprint density at radius 3 is 2.00 bits per heavy atom. The molecule has 32 heavy (non-hydrogen) atoms. The SMILES string of the molecule is CCN(CC(=O)NCC(=O)Nc1c(C)cc(C)cc1C)CC(=O)NCc1ccc(F)cc1. The summed E-state index contributed by atoms with van der Waals surface area (Å²) in [6.45, 7) is 8.34. The van der Waals surface area contributed by atoms with Crippen molar-refractivity contribution >= 4 is 23.4 Å². The van der Waals surface area contributed by atoms with E-state index >= 15 is 0 Å². The fourth-order valence-corrected chi connectivity index (χ4v) is 3.34. The van der Waals surface area contributed by atoms with Crippen LogP contribution in [0.15, 0.2) is 36.4 Å². The van der Waals surface area contributed by atoms with Gasteiger partial charge in [0.05, 0.1) is 19.6 Å². The molecule has 0 unspecified atom stereocenters. The van der Waals surface area contributed by atoms with E-state index in [0.29, 0.717) is 6.54 Å². The van der Waals surface area contributed by atoms with Crippen LogP contribution in [0.5, 0.6) is 0 Å². The second-order valence-electron chi connectivity index (χ2n) is 7.81. The van der Waals surface area contributed by atoms with Gasteiger partial charge in [-0.3, -0.25) is 19.3 Å². The van der Waals surface area contributed by atoms with E-state index in [4.69, 9.17) is 0 Å². The Morgan fingerprint density at radius 2 is 1.44 bits per heavy atom. The highest BCUT2D eigenvalue weighted by atomic mass is 19.1. The summed E-state index contributed by atoms with van der Waals surface area (Å²) in [6.07, 6.45) is 0. The van der Waals surface area contributed by atoms with Crippen molar-refractivity contribution in [3.8, 4) is 0 Å². The topological polar surface area (TPSA) is 90.5 Å². The van der Waals surface area contributed by atoms with Crippen LogP contribution in [-0.2, 0) is 20.9 Å². The molecule has 7 nitrogen and oxygen atoms in total. The lowest BCUT2D eigenvalue weighted by atomic mass is 10.1. The maximum Gasteiger partial charge on any atom is 0.243 e. The van der Waals surface area contributed by atoms with Crippen molar-refractivity contribution < 1.29 is 18.8 Å². The number of hydrogen-bond donors (Lipinski definition) is 3. The highest BCUT2D eigenvalue weighted by Crippen LogP contribution is 2.21. The number of halogens is 1. The smallest absolute Gasteiger partial charge is 0.243 e. The first-order valence-corrected chi connectivity index (χ1v) is 10.6. The molecular formula is C24H31FN4O3. The van der Waals surface area contributed by atoms with Crippen LogP contribution in [0, 0.1) is 26.6 Å². The number of nitrogens with zero attached hydrogens (tertiary/aromatic N) is 1. The van der Waals surface area contributed by atoms with Gasteiger partial charge in [0.15, 0.2) is 0 Å². The Kier molecular flexibility index (Phi) is 9.34. The number of hydrogen-bond acceptors (Lipinski definition) is 4. The minimum Gasteiger partial charge on any atom is -0.351 e. The lowest BCUT2D eigenvalue weighted by Gasteiger charge is -2.19. The number of anilines is 1. The average Bonchev–Trinajstić information content (AvgIpc) is 2.74. The standard InChI is InChI=1S/C24H31FN4O3/c1-5-29(14-22(31)26-12-19-6-8-20(25)9-7-19)15-23(32)27-13-21(30)28-24-17(3)10-16(2)11-18(24)4/h6-11H,5,12-15H2,1-4H3,(H,26,31)(H,27,32)(H,28,30). The van der Waals surface area contributed by atoms with Gasteiger partial charge in [0.2, 0.25) is 17.7 Å². The van der Waals surface area contributed by atoms with Gasteiger partial charge in [0.25, 0.3) is 0 Å². The van der Waals surface area contributed by atoms with E-state index in [1.807, 2.05) is 39.8 Å². The Balaban J connectivity index is 1.76. The van der Waals surface area contributed by atoms with Crippen LogP contribution in [-0.4, -0.2) is 48.8 Å². The molecule has 0 bridgehead atoms. The first kappa shape index (κ1) is 25.0. The molecule has 0 aliphatic heterocycles. The van der Waals surface area contributed by atoms with Gasteiger partial charge in [0, 0.05) is 12.2 Å². The molecule has 0 atom stereocenters. The number of rotatable bonds is 10. The van der Waals surface area contributed by atoms with E-state index in [9.17, 15) is 18.8 Å². The summed E-state index contributed by atoms with van der Waals surface area (Å²) in [4.78, 5) is 38.3. The summed E-state index contributed by atoms with van der Waals surface area (Å²) in [6, 6.07) is 9.85. The molecule has 0 radical (unpaired) electrons. The van der Waals surface area contributed by atoms with Crippen LogP contribution in [0.1, 0.15) is 29.2 Å². The van der Waals surface area contributed by atoms with Crippen molar-refractivity contribution in [1.29, 1.82) is 0 Å². The van der Waals surface area contributed by atoms with Gasteiger partial charge >= 0.3 is 0 Å². The largest absolute Gasteiger partial charge is 0.351 e. The maximum atomic E-state index is 12.9. The van der Waals surface area contributed by atoms with E-state index in [0.717, 1.165) is 27.9 Å². The van der Waals surface area contributed by atoms with Crippen LogP contribution in [0.2, 0.25) is 0 Å². The predicted octanol–water partition coefficient (Wildman–Crippen LogP) is 2.44. The molecule has 0 saturated heterocycles. The van der Waals surface area contributed by atoms with Crippen LogP contribution in [0.4, 0.5) is 10.1 Å². The second kappa shape index (κ2) is 12.0. The molecule has 0 fully saturated rings. The number of likely N-dealkylation sites (N-methyl/N-ethyl adjacent to an activating group) is 1. The van der Waals surface area contributed by atoms with E-state index < -0.39 is 0 Å². The molecule has 0 aliphatic carbocycles. The lowest BCUT2D eigenvalue weighted by Crippen LogP contribution is -2.44. The highest BCUT2D eigenvalue weighted by molar-refractivity contribution is 5.96. The Bertz CT molecular complexity index is 937. The molecule has 172 valence electrons. The number of benzene rings is 2. The molecule has 0 saturated carbocycles. The summed E-state index contributed by atoms with van der Waals surface area (Å²) in [5.74, 6) is -1.23. The van der Waals surface area contributed by atoms with Crippen LogP contribution >= 0.6 is 0 Å². The molecular weight excluding hydrogens is 411 g/mol. The van der Waals surface area contributed by atoms with Gasteiger partial charge in [-0.15, -0.1) is 0 Å². The third kappa shape index (κ3) is 8.11. The van der Waals surface area contributed by atoms with Crippen LogP contribution in [0.25, 0.3) is 0 Å². The van der Waals surface area contributed by atoms with Crippen LogP contribution in [0.3, 0.4) is 0 Å². The molecule has 0 aromatic heterocycles. The molecule has 8 heteroatoms. The molecule has 2 rings (SSSR count). The van der Waals surface area contributed by atoms with E-state index in [-0.39, 0.29) is 49.7 Å². The Labute approximate surface area is 188 Å². The second-order valence-corrected chi connectivity index (χ2v) is 7.81. The molecule has 3 amide bonds. The van der Waals surface area contributed by atoms with E-state index in [1.54, 1.807) is 17.0 Å². The lowest BCUT2D eigenvalue weighted by molar-refractivity contribution is -0.126. The first-order valence-electron chi connectivity index (χ1n) is 10.6. The molecule has 2 aromatic rings. The fraction of sp³-hybridized carbons (Fsp3) is 0.375. The number of nitrogens with one attached hydrogen (secondary N) is 3. The number of aryl methyl sites for hydroxylation is 3. The Morgan fingerprint density at radius 1 is 0.875 bits per heavy atom. The molecule has 2 aromatic carbocycles. The highest BCUT2D eigenvalue weighted by Gasteiger charge is 2.15. The first-order chi connectivity index (χ1) is 15.2. The van der Waals surface area contributed by atoms with Gasteiger partial charge in [-0.05, 0) is 56.1 Å². The average molecular weight is 443 g/mol. The summed E-state index contributed by atoms with van der Waals surface area (Å²) in [5.41, 5.74) is 4.58. The van der Waals surface area contributed by atoms with Crippen LogP contribution < -0.4 is 16.0 Å². The Hall–Kier alpha value is -3.26. The number of carbonyl (C=O) groups excluding carboxylic acids is 3. The third-order valence-corrected chi connectivity index (χ3v) is 4.97. The summed E-state index contributed by atoms with van der Waals surface area (Å²) >= 11 is 0. The molecule has 0 aliphatic rings. The number of amides is 3. The van der Waals surface area contributed by atoms with Crippen molar-refractivity contribution in [2.24, 2.45) is 0 Å². The van der Waals surface area contributed by atoms with Gasteiger partial charge in [-0.1, -0.05) is 36.8 Å². The van der Waals surface area contributed by atoms with Crippen molar-refractivity contribution in [1.82, 2.24) is 15.5 Å². The van der Waals surface area contributed by atoms with Crippen molar-refractivity contribution in [2.75, 3.05) is 31.5 Å². The van der Waals surface area contributed by atoms with E-state index in [1.165, 1.54) is 12.1 Å². The third-order valence-electron chi connectivity index (χ3n) is 4.97. The molecule has 3 N–H and O–H groups in total. The normalized spacial score (nSPS) is 10.7. The zero-order chi connectivity index (χ0) is 23.7. The summed E-state index contributed by atoms with van der Waals surface area (Å²) in [7, 11) is 0. The minimum atomic E-state index is -0.342. The monoisotopic (exact) mass is 442 g/mol. The quantitative estimate of drug-likeness (QED) is 0.527. The minimum absolute atomic E-state index is 0.00364. The maximum absolute atomic E-state index is 12.9. The van der Waals surface area contributed by atoms with Gasteiger partial charge in [-0.2, -0.15) is 0 Å². The van der Waals surface area contributed by atoms with Crippen molar-refractivity contribution in [2.45, 2.75) is 34.2 Å². The summed E-state index contributed by atoms with van der Waals surface area (Å²) < 4.78 is 12.9. The summed E-state index contributed by atoms with van der Waals surface area (Å²) in [5, 5.41) is 8.19. The van der Waals surface area contributed by atoms with Crippen molar-refractivity contribution in [3.63, 3.8) is 0 Å². The fourth-order valence-electron chi connectivity index (χ4n) is 3.34. The number of carbonyl (C=O) groups is 3. The van der Waals surface area contributed by atoms with Gasteiger partial charge in [0.1, 0.15) is 5.82 Å². The molecule has 0 heterocycles.